The van der Waals surface area contributed by atoms with Gasteiger partial charge < -0.3 is 41.9 Å². The SMILES string of the molecule is CSCC[C@@H]1NC(=O)[C@H](CCc2ccccc2)N(C)C(=O)[C@H](CCc2ccccc2)NC(=O)[C@H](C(C)C)NC(=O)[C@H](NC(=O)N[C@@H](Cc2ccccc2)C(=O)O)CCCCNC1=O. The van der Waals surface area contributed by atoms with E-state index < -0.39 is 83.7 Å². The molecule has 3 aromatic rings. The maximum absolute atomic E-state index is 14.7. The fourth-order valence-electron chi connectivity index (χ4n) is 7.37. The van der Waals surface area contributed by atoms with Crippen LogP contribution in [0.2, 0.25) is 0 Å². The minimum Gasteiger partial charge on any atom is -0.480 e. The number of hydrogen-bond acceptors (Lipinski definition) is 8. The summed E-state index contributed by atoms with van der Waals surface area (Å²) >= 11 is 1.52. The highest BCUT2D eigenvalue weighted by molar-refractivity contribution is 7.98. The number of aryl methyl sites for hydroxylation is 2. The first-order valence-corrected chi connectivity index (χ1v) is 23.0. The number of benzene rings is 3. The Kier molecular flexibility index (Phi) is 20.5. The van der Waals surface area contributed by atoms with Crippen LogP contribution in [0.3, 0.4) is 0 Å². The van der Waals surface area contributed by atoms with Gasteiger partial charge in [0, 0.05) is 20.0 Å². The van der Waals surface area contributed by atoms with Crippen molar-refractivity contribution in [3.63, 3.8) is 0 Å². The van der Waals surface area contributed by atoms with Gasteiger partial charge in [0.05, 0.1) is 0 Å². The summed E-state index contributed by atoms with van der Waals surface area (Å²) in [4.78, 5) is 97.9. The second kappa shape index (κ2) is 25.9. The van der Waals surface area contributed by atoms with Gasteiger partial charge in [-0.15, -0.1) is 0 Å². The summed E-state index contributed by atoms with van der Waals surface area (Å²) in [5, 5.41) is 26.5. The monoisotopic (exact) mass is 885 g/mol. The topological polar surface area (TPSA) is 215 Å². The molecular weight excluding hydrogens is 823 g/mol. The molecule has 1 aliphatic rings. The van der Waals surface area contributed by atoms with E-state index in [4.69, 9.17) is 0 Å². The first-order chi connectivity index (χ1) is 30.3. The van der Waals surface area contributed by atoms with Crippen molar-refractivity contribution in [3.8, 4) is 0 Å². The largest absolute Gasteiger partial charge is 0.480 e. The Bertz CT molecular complexity index is 1960. The first kappa shape index (κ1) is 49.8. The van der Waals surface area contributed by atoms with Crippen LogP contribution in [0.25, 0.3) is 0 Å². The number of rotatable bonds is 15. The molecule has 0 aromatic heterocycles. The predicted octanol–water partition coefficient (Wildman–Crippen LogP) is 3.61. The second-order valence-corrected chi connectivity index (χ2v) is 17.2. The Balaban J connectivity index is 1.67. The molecule has 1 heterocycles. The van der Waals surface area contributed by atoms with Gasteiger partial charge in [0.1, 0.15) is 36.3 Å². The van der Waals surface area contributed by atoms with Crippen molar-refractivity contribution in [1.82, 2.24) is 36.8 Å². The Hall–Kier alpha value is -5.90. The lowest BCUT2D eigenvalue weighted by atomic mass is 9.98. The van der Waals surface area contributed by atoms with Crippen LogP contribution in [-0.2, 0) is 48.0 Å². The Morgan fingerprint density at radius 2 is 1.30 bits per heavy atom. The number of nitrogens with one attached hydrogen (secondary N) is 6. The number of thioether (sulfide) groups is 1. The smallest absolute Gasteiger partial charge is 0.326 e. The molecule has 7 N–H and O–H groups in total. The molecule has 6 atom stereocenters. The number of carboxylic acids is 1. The Labute approximate surface area is 374 Å². The lowest BCUT2D eigenvalue weighted by molar-refractivity contribution is -0.143. The van der Waals surface area contributed by atoms with Crippen molar-refractivity contribution in [2.24, 2.45) is 5.92 Å². The number of likely N-dealkylation sites (N-methyl/N-ethyl adjacent to an activating group) is 1. The summed E-state index contributed by atoms with van der Waals surface area (Å²) in [5.41, 5.74) is 2.57. The van der Waals surface area contributed by atoms with Crippen LogP contribution < -0.4 is 31.9 Å². The van der Waals surface area contributed by atoms with Crippen LogP contribution in [0.4, 0.5) is 4.79 Å². The molecule has 15 nitrogen and oxygen atoms in total. The van der Waals surface area contributed by atoms with Gasteiger partial charge in [-0.2, -0.15) is 11.8 Å². The standard InChI is InChI=1S/C47H63N7O8S/c1-31(2)40-44(58)50-37(25-23-32-16-8-5-9-17-32)45(59)54(3)39(26-24-33-18-10-6-11-19-33)43(57)49-36(27-29-63-4)41(55)48-28-15-14-22-35(42(56)53-40)51-47(62)52-38(46(60)61)30-34-20-12-7-13-21-34/h5-13,16-21,31,35-40H,14-15,22-30H2,1-4H3,(H,48,55)(H,49,57)(H,50,58)(H,53,56)(H,60,61)(H2,51,52,62)/t35-,36+,37+,38+,39+,40+/m1/s1. The van der Waals surface area contributed by atoms with Crippen molar-refractivity contribution in [1.29, 1.82) is 0 Å². The van der Waals surface area contributed by atoms with E-state index in [9.17, 15) is 38.7 Å². The summed E-state index contributed by atoms with van der Waals surface area (Å²) in [7, 11) is 1.52. The zero-order valence-electron chi connectivity index (χ0n) is 36.6. The highest BCUT2D eigenvalue weighted by Crippen LogP contribution is 2.16. The lowest BCUT2D eigenvalue weighted by Crippen LogP contribution is -2.60. The summed E-state index contributed by atoms with van der Waals surface area (Å²) in [6.45, 7) is 3.67. The van der Waals surface area contributed by atoms with E-state index >= 15 is 0 Å². The van der Waals surface area contributed by atoms with Gasteiger partial charge in [-0.1, -0.05) is 105 Å². The molecular formula is C47H63N7O8S. The number of hydrogen-bond donors (Lipinski definition) is 7. The number of amides is 7. The van der Waals surface area contributed by atoms with E-state index in [0.29, 0.717) is 43.4 Å². The maximum atomic E-state index is 14.7. The van der Waals surface area contributed by atoms with Gasteiger partial charge in [0.2, 0.25) is 29.5 Å². The van der Waals surface area contributed by atoms with E-state index in [0.717, 1.165) is 11.1 Å². The molecule has 1 saturated heterocycles. The maximum Gasteiger partial charge on any atom is 0.326 e. The molecule has 1 aliphatic heterocycles. The minimum absolute atomic E-state index is 0.00125. The number of carbonyl (C=O) groups is 7. The summed E-state index contributed by atoms with van der Waals surface area (Å²) in [6, 6.07) is 20.2. The number of aliphatic carboxylic acids is 1. The fraction of sp³-hybridized carbons (Fsp3) is 0.468. The second-order valence-electron chi connectivity index (χ2n) is 16.2. The van der Waals surface area contributed by atoms with Gasteiger partial charge in [-0.05, 0) is 86.0 Å². The van der Waals surface area contributed by atoms with Crippen LogP contribution in [0.15, 0.2) is 91.0 Å². The van der Waals surface area contributed by atoms with Crippen LogP contribution in [-0.4, -0.2) is 113 Å². The van der Waals surface area contributed by atoms with Gasteiger partial charge in [-0.3, -0.25) is 24.0 Å². The number of nitrogens with zero attached hydrogens (tertiary/aromatic N) is 1. The summed E-state index contributed by atoms with van der Waals surface area (Å²) in [6.07, 6.45) is 4.31. The summed E-state index contributed by atoms with van der Waals surface area (Å²) in [5.74, 6) is -3.90. The molecule has 0 bridgehead atoms. The fourth-order valence-corrected chi connectivity index (χ4v) is 7.84. The molecule has 1 fully saturated rings. The Morgan fingerprint density at radius 3 is 1.87 bits per heavy atom. The molecule has 7 amide bonds. The van der Waals surface area contributed by atoms with Gasteiger partial charge in [0.25, 0.3) is 0 Å². The molecule has 63 heavy (non-hydrogen) atoms. The van der Waals surface area contributed by atoms with Crippen molar-refractivity contribution >= 4 is 53.3 Å². The normalized spacial score (nSPS) is 21.4. The summed E-state index contributed by atoms with van der Waals surface area (Å²) < 4.78 is 0. The highest BCUT2D eigenvalue weighted by atomic mass is 32.2. The van der Waals surface area contributed by atoms with Crippen LogP contribution in [0, 0.1) is 5.92 Å². The zero-order valence-corrected chi connectivity index (χ0v) is 37.5. The number of carboxylic acid groups (broad SMARTS) is 1. The highest BCUT2D eigenvalue weighted by Gasteiger charge is 2.36. The van der Waals surface area contributed by atoms with E-state index in [1.54, 1.807) is 44.2 Å². The van der Waals surface area contributed by atoms with Crippen molar-refractivity contribution in [2.45, 2.75) is 108 Å². The van der Waals surface area contributed by atoms with Crippen molar-refractivity contribution in [3.05, 3.63) is 108 Å². The third-order valence-electron chi connectivity index (χ3n) is 11.1. The molecule has 0 saturated carbocycles. The Morgan fingerprint density at radius 1 is 0.730 bits per heavy atom. The molecule has 4 rings (SSSR count). The van der Waals surface area contributed by atoms with E-state index in [1.165, 1.54) is 23.7 Å². The van der Waals surface area contributed by atoms with Gasteiger partial charge >= 0.3 is 12.0 Å². The molecule has 0 aliphatic carbocycles. The molecule has 0 spiro atoms. The van der Waals surface area contributed by atoms with Gasteiger partial charge in [0.15, 0.2) is 0 Å². The van der Waals surface area contributed by atoms with Crippen molar-refractivity contribution in [2.75, 3.05) is 25.6 Å². The molecule has 3 aromatic carbocycles. The third kappa shape index (κ3) is 16.4. The number of carbonyl (C=O) groups excluding carboxylic acids is 6. The zero-order chi connectivity index (χ0) is 45.7. The van der Waals surface area contributed by atoms with E-state index in [2.05, 4.69) is 31.9 Å². The molecule has 340 valence electrons. The van der Waals surface area contributed by atoms with Gasteiger partial charge in [-0.25, -0.2) is 9.59 Å². The third-order valence-corrected chi connectivity index (χ3v) is 11.7. The van der Waals surface area contributed by atoms with Crippen molar-refractivity contribution < 1.29 is 38.7 Å². The molecule has 0 radical (unpaired) electrons. The van der Waals surface area contributed by atoms with Crippen LogP contribution in [0.1, 0.15) is 69.1 Å². The first-order valence-electron chi connectivity index (χ1n) is 21.6. The van der Waals surface area contributed by atoms with Crippen LogP contribution in [0.5, 0.6) is 0 Å². The molecule has 0 unspecified atom stereocenters. The predicted molar refractivity (Wildman–Crippen MR) is 244 cm³/mol. The average Bonchev–Trinajstić information content (AvgIpc) is 3.27. The quantitative estimate of drug-likeness (QED) is 0.119. The van der Waals surface area contributed by atoms with E-state index in [1.807, 2.05) is 66.9 Å². The average molecular weight is 886 g/mol. The lowest BCUT2D eigenvalue weighted by Gasteiger charge is -2.33. The minimum atomic E-state index is -1.30. The number of urea groups is 1. The van der Waals surface area contributed by atoms with E-state index in [-0.39, 0.29) is 32.2 Å². The molecule has 16 heteroatoms. The van der Waals surface area contributed by atoms with Crippen LogP contribution >= 0.6 is 11.8 Å².